The van der Waals surface area contributed by atoms with Crippen LogP contribution in [0, 0.1) is 0 Å². The standard InChI is InChI=1S/C31H34O2P.BrH/c1-3-22-32-30-21-20-26(24-31(30)33-23-4-2)25-34(27-14-8-5-9-15-27,28-16-10-6-11-17-28)29-18-12-7-13-19-29;/h5-21,24H,3-4,22-23,25H2,1-2H3;1H/q+1;. The predicted molar refractivity (Wildman–Crippen MR) is 157 cm³/mol. The lowest BCUT2D eigenvalue weighted by atomic mass is 10.2. The first kappa shape index (κ1) is 27.0. The summed E-state index contributed by atoms with van der Waals surface area (Å²) in [6.07, 6.45) is 2.85. The lowest BCUT2D eigenvalue weighted by Crippen LogP contribution is -2.32. The summed E-state index contributed by atoms with van der Waals surface area (Å²) in [5.41, 5.74) is 1.26. The molecule has 0 aliphatic carbocycles. The zero-order valence-corrected chi connectivity index (χ0v) is 23.2. The van der Waals surface area contributed by atoms with E-state index in [1.807, 2.05) is 0 Å². The Morgan fingerprint density at radius 2 is 0.971 bits per heavy atom. The molecule has 4 aromatic carbocycles. The smallest absolute Gasteiger partial charge is 0.161 e. The van der Waals surface area contributed by atoms with Crippen molar-refractivity contribution in [1.82, 2.24) is 0 Å². The summed E-state index contributed by atoms with van der Waals surface area (Å²) in [6.45, 7) is 5.63. The molecule has 4 aromatic rings. The summed E-state index contributed by atoms with van der Waals surface area (Å²) in [4.78, 5) is 0. The fourth-order valence-corrected chi connectivity index (χ4v) is 8.58. The third kappa shape index (κ3) is 6.34. The molecule has 0 unspecified atom stereocenters. The normalized spacial score (nSPS) is 10.9. The number of hydrogen-bond acceptors (Lipinski definition) is 2. The summed E-state index contributed by atoms with van der Waals surface area (Å²) in [6, 6.07) is 39.5. The van der Waals surface area contributed by atoms with Gasteiger partial charge in [0.15, 0.2) is 11.5 Å². The first-order chi connectivity index (χ1) is 16.8. The largest absolute Gasteiger partial charge is 0.490 e. The second-order valence-corrected chi connectivity index (χ2v) is 11.9. The first-order valence-corrected chi connectivity index (χ1v) is 14.2. The van der Waals surface area contributed by atoms with Gasteiger partial charge in [0.1, 0.15) is 23.2 Å². The first-order valence-electron chi connectivity index (χ1n) is 12.2. The molecule has 0 aliphatic rings. The van der Waals surface area contributed by atoms with Gasteiger partial charge in [-0.15, -0.1) is 17.0 Å². The maximum Gasteiger partial charge on any atom is 0.161 e. The van der Waals surface area contributed by atoms with Crippen molar-refractivity contribution in [2.75, 3.05) is 13.2 Å². The highest BCUT2D eigenvalue weighted by atomic mass is 79.9. The molecule has 2 nitrogen and oxygen atoms in total. The summed E-state index contributed by atoms with van der Waals surface area (Å²) in [5, 5.41) is 4.15. The monoisotopic (exact) mass is 549 g/mol. The molecule has 0 fully saturated rings. The molecular weight excluding hydrogens is 515 g/mol. The van der Waals surface area contributed by atoms with E-state index in [4.69, 9.17) is 9.47 Å². The van der Waals surface area contributed by atoms with E-state index in [1.54, 1.807) is 0 Å². The lowest BCUT2D eigenvalue weighted by Gasteiger charge is -2.28. The van der Waals surface area contributed by atoms with Gasteiger partial charge in [-0.1, -0.05) is 74.5 Å². The second-order valence-electron chi connectivity index (χ2n) is 8.45. The fourth-order valence-electron chi connectivity index (χ4n) is 4.35. The Kier molecular flexibility index (Phi) is 10.4. The van der Waals surface area contributed by atoms with Crippen LogP contribution in [0.2, 0.25) is 0 Å². The third-order valence-electron chi connectivity index (χ3n) is 5.94. The van der Waals surface area contributed by atoms with Crippen LogP contribution < -0.4 is 25.4 Å². The van der Waals surface area contributed by atoms with Crippen molar-refractivity contribution in [3.05, 3.63) is 115 Å². The Bertz CT molecular complexity index is 1050. The van der Waals surface area contributed by atoms with Crippen LogP contribution >= 0.6 is 24.2 Å². The van der Waals surface area contributed by atoms with Gasteiger partial charge in [0.2, 0.25) is 0 Å². The van der Waals surface area contributed by atoms with E-state index in [-0.39, 0.29) is 17.0 Å². The Labute approximate surface area is 221 Å². The molecule has 0 atom stereocenters. The summed E-state index contributed by atoms with van der Waals surface area (Å²) < 4.78 is 12.1. The molecule has 4 rings (SSSR count). The molecule has 0 heterocycles. The van der Waals surface area contributed by atoms with Gasteiger partial charge in [0, 0.05) is 0 Å². The van der Waals surface area contributed by atoms with E-state index in [0.717, 1.165) is 30.5 Å². The zero-order chi connectivity index (χ0) is 23.6. The van der Waals surface area contributed by atoms with E-state index in [1.165, 1.54) is 21.5 Å². The van der Waals surface area contributed by atoms with Gasteiger partial charge in [-0.3, -0.25) is 0 Å². The lowest BCUT2D eigenvalue weighted by molar-refractivity contribution is 0.268. The molecule has 0 aromatic heterocycles. The minimum Gasteiger partial charge on any atom is -0.490 e. The van der Waals surface area contributed by atoms with Crippen LogP contribution in [0.15, 0.2) is 109 Å². The van der Waals surface area contributed by atoms with E-state index in [2.05, 4.69) is 123 Å². The van der Waals surface area contributed by atoms with Crippen LogP contribution in [0.3, 0.4) is 0 Å². The van der Waals surface area contributed by atoms with Gasteiger partial charge in [-0.2, -0.15) is 0 Å². The van der Waals surface area contributed by atoms with Crippen molar-refractivity contribution in [1.29, 1.82) is 0 Å². The predicted octanol–water partition coefficient (Wildman–Crippen LogP) is 7.34. The average molecular weight is 550 g/mol. The molecule has 4 heteroatoms. The van der Waals surface area contributed by atoms with Crippen LogP contribution in [-0.2, 0) is 6.16 Å². The molecule has 0 spiro atoms. The zero-order valence-electron chi connectivity index (χ0n) is 20.6. The molecule has 0 bridgehead atoms. The van der Waals surface area contributed by atoms with Crippen molar-refractivity contribution in [2.45, 2.75) is 32.9 Å². The van der Waals surface area contributed by atoms with Crippen molar-refractivity contribution >= 4 is 40.2 Å². The van der Waals surface area contributed by atoms with Crippen molar-refractivity contribution < 1.29 is 9.47 Å². The minimum absolute atomic E-state index is 0. The quantitative estimate of drug-likeness (QED) is 0.182. The topological polar surface area (TPSA) is 18.5 Å². The van der Waals surface area contributed by atoms with Gasteiger partial charge in [0.25, 0.3) is 0 Å². The average Bonchev–Trinajstić information content (AvgIpc) is 2.91. The molecule has 0 saturated carbocycles. The van der Waals surface area contributed by atoms with E-state index < -0.39 is 7.26 Å². The molecular formula is C31H35BrO2P+. The maximum absolute atomic E-state index is 6.14. The van der Waals surface area contributed by atoms with Crippen LogP contribution in [0.25, 0.3) is 0 Å². The Hall–Kier alpha value is -2.61. The van der Waals surface area contributed by atoms with Crippen molar-refractivity contribution in [3.63, 3.8) is 0 Å². The van der Waals surface area contributed by atoms with Crippen LogP contribution in [0.1, 0.15) is 32.3 Å². The molecule has 0 saturated heterocycles. The number of rotatable bonds is 11. The minimum atomic E-state index is -1.95. The summed E-state index contributed by atoms with van der Waals surface area (Å²) >= 11 is 0. The summed E-state index contributed by atoms with van der Waals surface area (Å²) in [7, 11) is -1.95. The van der Waals surface area contributed by atoms with Gasteiger partial charge >= 0.3 is 0 Å². The third-order valence-corrected chi connectivity index (χ3v) is 10.3. The van der Waals surface area contributed by atoms with Gasteiger partial charge in [-0.05, 0) is 66.9 Å². The number of benzene rings is 4. The Morgan fingerprint density at radius 3 is 1.40 bits per heavy atom. The second kappa shape index (κ2) is 13.5. The molecule has 35 heavy (non-hydrogen) atoms. The van der Waals surface area contributed by atoms with E-state index in [9.17, 15) is 0 Å². The van der Waals surface area contributed by atoms with Gasteiger partial charge < -0.3 is 9.47 Å². The number of ether oxygens (including phenoxy) is 2. The SMILES string of the molecule is Br.CCCOc1ccc(C[P+](c2ccccc2)(c2ccccc2)c2ccccc2)cc1OCCC. The highest BCUT2D eigenvalue weighted by Gasteiger charge is 2.45. The number of hydrogen-bond donors (Lipinski definition) is 0. The van der Waals surface area contributed by atoms with E-state index >= 15 is 0 Å². The highest BCUT2D eigenvalue weighted by molar-refractivity contribution is 8.93. The van der Waals surface area contributed by atoms with Crippen LogP contribution in [-0.4, -0.2) is 13.2 Å². The molecule has 0 radical (unpaired) electrons. The Morgan fingerprint density at radius 1 is 0.543 bits per heavy atom. The van der Waals surface area contributed by atoms with Crippen LogP contribution in [0.4, 0.5) is 0 Å². The van der Waals surface area contributed by atoms with Crippen molar-refractivity contribution in [2.24, 2.45) is 0 Å². The van der Waals surface area contributed by atoms with Crippen molar-refractivity contribution in [3.8, 4) is 11.5 Å². The summed E-state index contributed by atoms with van der Waals surface area (Å²) in [5.74, 6) is 1.68. The molecule has 0 amide bonds. The Balaban J connectivity index is 0.00000342. The molecule has 0 N–H and O–H groups in total. The highest BCUT2D eigenvalue weighted by Crippen LogP contribution is 2.58. The van der Waals surface area contributed by atoms with Gasteiger partial charge in [0.05, 0.1) is 19.4 Å². The van der Waals surface area contributed by atoms with Gasteiger partial charge in [-0.25, -0.2) is 0 Å². The van der Waals surface area contributed by atoms with E-state index in [0.29, 0.717) is 13.2 Å². The number of halogens is 1. The van der Waals surface area contributed by atoms with Crippen LogP contribution in [0.5, 0.6) is 11.5 Å². The molecule has 0 aliphatic heterocycles. The fraction of sp³-hybridized carbons (Fsp3) is 0.226. The maximum atomic E-state index is 6.14. The molecule has 182 valence electrons.